The molecule has 0 unspecified atom stereocenters. The summed E-state index contributed by atoms with van der Waals surface area (Å²) in [7, 11) is 7.29. The number of anilines is 2. The topological polar surface area (TPSA) is 72.1 Å². The summed E-state index contributed by atoms with van der Waals surface area (Å²) in [5.41, 5.74) is 9.28. The van der Waals surface area contributed by atoms with E-state index in [4.69, 9.17) is 15.2 Å². The highest BCUT2D eigenvalue weighted by Crippen LogP contribution is 2.29. The number of benzene rings is 2. The van der Waals surface area contributed by atoms with Crippen LogP contribution in [0.5, 0.6) is 11.5 Å². The highest BCUT2D eigenvalue weighted by atomic mass is 127. The summed E-state index contributed by atoms with van der Waals surface area (Å²) in [4.78, 5) is 6.47. The average Bonchev–Trinajstić information content (AvgIpc) is 2.65. The van der Waals surface area contributed by atoms with Gasteiger partial charge >= 0.3 is 0 Å². The molecule has 2 rings (SSSR count). The van der Waals surface area contributed by atoms with Crippen molar-refractivity contribution >= 4 is 41.3 Å². The SMILES string of the molecule is COc1ccc(NC(N)=NCCCc2ccc(N(C)C)cc2)cc1OC.I. The number of nitrogens with zero attached hydrogens (tertiary/aromatic N) is 2. The number of nitrogens with one attached hydrogen (secondary N) is 1. The number of guanidine groups is 1. The minimum atomic E-state index is 0. The number of hydrogen-bond acceptors (Lipinski definition) is 4. The molecule has 0 fully saturated rings. The van der Waals surface area contributed by atoms with Gasteiger partial charge in [-0.3, -0.25) is 4.99 Å². The molecule has 6 nitrogen and oxygen atoms in total. The van der Waals surface area contributed by atoms with Crippen molar-refractivity contribution in [3.8, 4) is 11.5 Å². The number of nitrogens with two attached hydrogens (primary N) is 1. The Hall–Kier alpha value is -2.16. The molecule has 2 aromatic rings. The Morgan fingerprint density at radius 3 is 2.30 bits per heavy atom. The third kappa shape index (κ3) is 7.16. The van der Waals surface area contributed by atoms with E-state index in [1.165, 1.54) is 11.3 Å². The molecule has 0 aliphatic rings. The molecule has 0 radical (unpaired) electrons. The standard InChI is InChI=1S/C20H28N4O2.HI/c1-24(2)17-10-7-15(8-11-17)6-5-13-22-20(21)23-16-9-12-18(25-3)19(14-16)26-4;/h7-12,14H,5-6,13H2,1-4H3,(H3,21,22,23);1H. The smallest absolute Gasteiger partial charge is 0.193 e. The fraction of sp³-hybridized carbons (Fsp3) is 0.350. The van der Waals surface area contributed by atoms with Crippen LogP contribution in [0.1, 0.15) is 12.0 Å². The number of halogens is 1. The molecule has 0 aliphatic heterocycles. The van der Waals surface area contributed by atoms with Gasteiger partial charge in [-0.2, -0.15) is 0 Å². The van der Waals surface area contributed by atoms with E-state index in [-0.39, 0.29) is 24.0 Å². The molecular weight excluding hydrogens is 455 g/mol. The zero-order valence-corrected chi connectivity index (χ0v) is 18.7. The van der Waals surface area contributed by atoms with Gasteiger partial charge in [0.2, 0.25) is 0 Å². The summed E-state index contributed by atoms with van der Waals surface area (Å²) >= 11 is 0. The van der Waals surface area contributed by atoms with Crippen molar-refractivity contribution < 1.29 is 9.47 Å². The lowest BCUT2D eigenvalue weighted by atomic mass is 10.1. The van der Waals surface area contributed by atoms with E-state index < -0.39 is 0 Å². The second-order valence-corrected chi connectivity index (χ2v) is 6.13. The highest BCUT2D eigenvalue weighted by Gasteiger charge is 2.05. The van der Waals surface area contributed by atoms with Crippen LogP contribution in [0.25, 0.3) is 0 Å². The number of ether oxygens (including phenoxy) is 2. The summed E-state index contributed by atoms with van der Waals surface area (Å²) in [5, 5.41) is 3.07. The molecule has 0 spiro atoms. The first-order valence-electron chi connectivity index (χ1n) is 8.58. The van der Waals surface area contributed by atoms with Crippen LogP contribution in [0.4, 0.5) is 11.4 Å². The largest absolute Gasteiger partial charge is 0.493 e. The Morgan fingerprint density at radius 2 is 1.70 bits per heavy atom. The summed E-state index contributed by atoms with van der Waals surface area (Å²) in [6, 6.07) is 14.1. The third-order valence-corrected chi connectivity index (χ3v) is 4.01. The highest BCUT2D eigenvalue weighted by molar-refractivity contribution is 14.0. The number of aliphatic imine (C=N–C) groups is 1. The van der Waals surface area contributed by atoms with E-state index in [0.717, 1.165) is 18.5 Å². The normalized spacial score (nSPS) is 10.7. The molecule has 0 saturated carbocycles. The predicted octanol–water partition coefficient (Wildman–Crippen LogP) is 3.75. The maximum atomic E-state index is 5.96. The van der Waals surface area contributed by atoms with Gasteiger partial charge in [-0.15, -0.1) is 24.0 Å². The van der Waals surface area contributed by atoms with E-state index in [1.54, 1.807) is 14.2 Å². The first-order chi connectivity index (χ1) is 12.5. The lowest BCUT2D eigenvalue weighted by Crippen LogP contribution is -2.22. The Bertz CT molecular complexity index is 733. The van der Waals surface area contributed by atoms with Gasteiger partial charge in [0, 0.05) is 38.1 Å². The third-order valence-electron chi connectivity index (χ3n) is 4.01. The number of methoxy groups -OCH3 is 2. The van der Waals surface area contributed by atoms with E-state index in [9.17, 15) is 0 Å². The Balaban J connectivity index is 0.00000364. The van der Waals surface area contributed by atoms with Crippen LogP contribution in [0.2, 0.25) is 0 Å². The van der Waals surface area contributed by atoms with Crippen molar-refractivity contribution in [2.75, 3.05) is 45.1 Å². The summed E-state index contributed by atoms with van der Waals surface area (Å²) < 4.78 is 10.5. The molecule has 0 heterocycles. The second-order valence-electron chi connectivity index (χ2n) is 6.13. The molecule has 0 atom stereocenters. The zero-order valence-electron chi connectivity index (χ0n) is 16.4. The van der Waals surface area contributed by atoms with Gasteiger partial charge in [0.25, 0.3) is 0 Å². The maximum Gasteiger partial charge on any atom is 0.193 e. The van der Waals surface area contributed by atoms with Gasteiger partial charge in [0.05, 0.1) is 14.2 Å². The minimum absolute atomic E-state index is 0. The summed E-state index contributed by atoms with van der Waals surface area (Å²) in [5.74, 6) is 1.71. The second kappa shape index (κ2) is 11.5. The van der Waals surface area contributed by atoms with E-state index in [2.05, 4.69) is 39.5 Å². The van der Waals surface area contributed by atoms with Crippen LogP contribution < -0.4 is 25.4 Å². The van der Waals surface area contributed by atoms with Gasteiger partial charge in [-0.05, 0) is 42.7 Å². The van der Waals surface area contributed by atoms with Crippen molar-refractivity contribution in [3.05, 3.63) is 48.0 Å². The van der Waals surface area contributed by atoms with Crippen LogP contribution in [-0.2, 0) is 6.42 Å². The average molecular weight is 484 g/mol. The first-order valence-corrected chi connectivity index (χ1v) is 8.58. The number of aryl methyl sites for hydroxylation is 1. The molecule has 0 bridgehead atoms. The molecule has 27 heavy (non-hydrogen) atoms. The number of hydrogen-bond donors (Lipinski definition) is 2. The molecule has 2 aromatic carbocycles. The lowest BCUT2D eigenvalue weighted by Gasteiger charge is -2.12. The van der Waals surface area contributed by atoms with Crippen LogP contribution >= 0.6 is 24.0 Å². The quantitative estimate of drug-likeness (QED) is 0.259. The lowest BCUT2D eigenvalue weighted by molar-refractivity contribution is 0.355. The summed E-state index contributed by atoms with van der Waals surface area (Å²) in [6.45, 7) is 0.668. The van der Waals surface area contributed by atoms with Gasteiger partial charge in [-0.25, -0.2) is 0 Å². The monoisotopic (exact) mass is 484 g/mol. The van der Waals surface area contributed by atoms with Gasteiger partial charge in [-0.1, -0.05) is 12.1 Å². The molecule has 148 valence electrons. The summed E-state index contributed by atoms with van der Waals surface area (Å²) in [6.07, 6.45) is 1.91. The zero-order chi connectivity index (χ0) is 18.9. The van der Waals surface area contributed by atoms with E-state index >= 15 is 0 Å². The van der Waals surface area contributed by atoms with Crippen LogP contribution in [0.15, 0.2) is 47.5 Å². The number of rotatable bonds is 8. The predicted molar refractivity (Wildman–Crippen MR) is 124 cm³/mol. The van der Waals surface area contributed by atoms with Crippen molar-refractivity contribution in [2.24, 2.45) is 10.7 Å². The molecule has 0 aliphatic carbocycles. The van der Waals surface area contributed by atoms with Gasteiger partial charge in [0.15, 0.2) is 17.5 Å². The van der Waals surface area contributed by atoms with Crippen molar-refractivity contribution in [1.82, 2.24) is 0 Å². The van der Waals surface area contributed by atoms with Crippen molar-refractivity contribution in [1.29, 1.82) is 0 Å². The van der Waals surface area contributed by atoms with E-state index in [0.29, 0.717) is 24.0 Å². The maximum absolute atomic E-state index is 5.96. The fourth-order valence-corrected chi connectivity index (χ4v) is 2.54. The van der Waals surface area contributed by atoms with Crippen molar-refractivity contribution in [2.45, 2.75) is 12.8 Å². The molecule has 7 heteroatoms. The molecule has 0 saturated heterocycles. The van der Waals surface area contributed by atoms with Crippen LogP contribution in [-0.4, -0.2) is 40.8 Å². The molecular formula is C20H29IN4O2. The Kier molecular flexibility index (Phi) is 9.77. The van der Waals surface area contributed by atoms with Crippen molar-refractivity contribution in [3.63, 3.8) is 0 Å². The Labute approximate surface area is 178 Å². The fourth-order valence-electron chi connectivity index (χ4n) is 2.54. The van der Waals surface area contributed by atoms with E-state index in [1.807, 2.05) is 32.3 Å². The molecule has 0 amide bonds. The first kappa shape index (κ1) is 22.9. The molecule has 0 aromatic heterocycles. The van der Waals surface area contributed by atoms with Crippen LogP contribution in [0.3, 0.4) is 0 Å². The minimum Gasteiger partial charge on any atom is -0.493 e. The van der Waals surface area contributed by atoms with Gasteiger partial charge in [0.1, 0.15) is 0 Å². The molecule has 3 N–H and O–H groups in total. The van der Waals surface area contributed by atoms with Gasteiger partial charge < -0.3 is 25.4 Å². The van der Waals surface area contributed by atoms with Crippen LogP contribution in [0, 0.1) is 0 Å². The Morgan fingerprint density at radius 1 is 1.04 bits per heavy atom.